The predicted octanol–water partition coefficient (Wildman–Crippen LogP) is 6.05. The summed E-state index contributed by atoms with van der Waals surface area (Å²) >= 11 is 6.54. The molecule has 0 spiro atoms. The molecule has 1 unspecified atom stereocenters. The first-order valence-corrected chi connectivity index (χ1v) is 10.6. The van der Waals surface area contributed by atoms with Gasteiger partial charge < -0.3 is 10.4 Å². The zero-order valence-electron chi connectivity index (χ0n) is 18.0. The van der Waals surface area contributed by atoms with Gasteiger partial charge in [0.15, 0.2) is 0 Å². The Morgan fingerprint density at radius 2 is 1.71 bits per heavy atom. The van der Waals surface area contributed by atoms with Crippen LogP contribution in [-0.4, -0.2) is 20.1 Å². The Kier molecular flexibility index (Phi) is 5.65. The van der Waals surface area contributed by atoms with Crippen molar-refractivity contribution in [2.24, 2.45) is 0 Å². The Bertz CT molecular complexity index is 1230. The van der Waals surface area contributed by atoms with Crippen molar-refractivity contribution in [2.45, 2.75) is 39.3 Å². The molecule has 4 aromatic rings. The normalized spacial score (nSPS) is 12.7. The van der Waals surface area contributed by atoms with Crippen LogP contribution in [-0.2, 0) is 5.60 Å². The molecule has 0 amide bonds. The number of aryl methyl sites for hydroxylation is 1. The Morgan fingerprint density at radius 1 is 1.00 bits per heavy atom. The van der Waals surface area contributed by atoms with Gasteiger partial charge in [-0.2, -0.15) is 0 Å². The maximum Gasteiger partial charge on any atom is 0.150 e. The molecule has 0 aliphatic carbocycles. The predicted molar refractivity (Wildman–Crippen MR) is 126 cm³/mol. The van der Waals surface area contributed by atoms with Gasteiger partial charge in [0.1, 0.15) is 5.82 Å². The van der Waals surface area contributed by atoms with E-state index < -0.39 is 5.60 Å². The number of anilines is 1. The van der Waals surface area contributed by atoms with E-state index in [0.29, 0.717) is 10.8 Å². The average Bonchev–Trinajstić information content (AvgIpc) is 2.75. The number of aromatic nitrogens is 3. The van der Waals surface area contributed by atoms with E-state index in [2.05, 4.69) is 26.3 Å². The highest BCUT2D eigenvalue weighted by molar-refractivity contribution is 6.34. The number of hydrogen-bond donors (Lipinski definition) is 2. The standard InChI is InChI=1S/C25H25ClN4O/c1-15-11-12-27-24(29-15)16(2)30-23-20-13-18(7-10-22(20)28-14-21(23)26)17-5-8-19(9-6-17)25(3,4)31/h5-14,16,31H,1-4H3,(H,28,30). The number of aliphatic hydroxyl groups is 1. The minimum absolute atomic E-state index is 0.127. The zero-order valence-corrected chi connectivity index (χ0v) is 18.8. The second-order valence-electron chi connectivity index (χ2n) is 8.27. The molecule has 0 aliphatic rings. The third kappa shape index (κ3) is 4.53. The van der Waals surface area contributed by atoms with Crippen molar-refractivity contribution in [1.82, 2.24) is 15.0 Å². The van der Waals surface area contributed by atoms with Gasteiger partial charge in [-0.15, -0.1) is 0 Å². The molecule has 31 heavy (non-hydrogen) atoms. The van der Waals surface area contributed by atoms with Crippen LogP contribution >= 0.6 is 11.6 Å². The molecular formula is C25H25ClN4O. The highest BCUT2D eigenvalue weighted by Gasteiger charge is 2.17. The summed E-state index contributed by atoms with van der Waals surface area (Å²) < 4.78 is 0. The number of nitrogens with zero attached hydrogens (tertiary/aromatic N) is 3. The number of rotatable bonds is 5. The van der Waals surface area contributed by atoms with Crippen LogP contribution in [0.25, 0.3) is 22.0 Å². The Morgan fingerprint density at radius 3 is 2.39 bits per heavy atom. The smallest absolute Gasteiger partial charge is 0.150 e. The van der Waals surface area contributed by atoms with Gasteiger partial charge in [-0.3, -0.25) is 4.98 Å². The largest absolute Gasteiger partial charge is 0.386 e. The van der Waals surface area contributed by atoms with Crippen molar-refractivity contribution < 1.29 is 5.11 Å². The van der Waals surface area contributed by atoms with Crippen molar-refractivity contribution in [3.8, 4) is 11.1 Å². The maximum absolute atomic E-state index is 10.2. The maximum atomic E-state index is 10.2. The SMILES string of the molecule is Cc1ccnc(C(C)Nc2c(Cl)cnc3ccc(-c4ccc(C(C)(C)O)cc4)cc23)n1. The number of hydrogen-bond acceptors (Lipinski definition) is 5. The number of halogens is 1. The molecule has 2 aromatic heterocycles. The molecule has 0 bridgehead atoms. The van der Waals surface area contributed by atoms with Crippen LogP contribution in [0.1, 0.15) is 43.9 Å². The molecule has 158 valence electrons. The number of pyridine rings is 1. The van der Waals surface area contributed by atoms with Crippen molar-refractivity contribution in [1.29, 1.82) is 0 Å². The number of nitrogens with one attached hydrogen (secondary N) is 1. The molecule has 0 radical (unpaired) electrons. The van der Waals surface area contributed by atoms with E-state index in [1.165, 1.54) is 0 Å². The van der Waals surface area contributed by atoms with Crippen molar-refractivity contribution in [3.63, 3.8) is 0 Å². The highest BCUT2D eigenvalue weighted by Crippen LogP contribution is 2.35. The monoisotopic (exact) mass is 432 g/mol. The van der Waals surface area contributed by atoms with Crippen LogP contribution in [0.15, 0.2) is 60.9 Å². The van der Waals surface area contributed by atoms with Gasteiger partial charge in [0.05, 0.1) is 27.9 Å². The molecule has 2 heterocycles. The third-order valence-corrected chi connectivity index (χ3v) is 5.59. The lowest BCUT2D eigenvalue weighted by Gasteiger charge is -2.19. The minimum Gasteiger partial charge on any atom is -0.386 e. The summed E-state index contributed by atoms with van der Waals surface area (Å²) in [6.07, 6.45) is 3.42. The Balaban J connectivity index is 1.73. The molecule has 4 rings (SSSR count). The van der Waals surface area contributed by atoms with Crippen molar-refractivity contribution >= 4 is 28.2 Å². The molecule has 0 saturated carbocycles. The lowest BCUT2D eigenvalue weighted by Crippen LogP contribution is -2.14. The molecule has 1 atom stereocenters. The van der Waals surface area contributed by atoms with Crippen LogP contribution in [0.5, 0.6) is 0 Å². The van der Waals surface area contributed by atoms with E-state index in [4.69, 9.17) is 11.6 Å². The third-order valence-electron chi connectivity index (χ3n) is 5.31. The molecular weight excluding hydrogens is 408 g/mol. The molecule has 2 N–H and O–H groups in total. The summed E-state index contributed by atoms with van der Waals surface area (Å²) in [6.45, 7) is 7.52. The summed E-state index contributed by atoms with van der Waals surface area (Å²) in [5.41, 5.74) is 4.67. The zero-order chi connectivity index (χ0) is 22.2. The molecule has 0 fully saturated rings. The van der Waals surface area contributed by atoms with Crippen LogP contribution in [0.2, 0.25) is 5.02 Å². The molecule has 6 heteroatoms. The molecule has 0 aliphatic heterocycles. The topological polar surface area (TPSA) is 70.9 Å². The van der Waals surface area contributed by atoms with Gasteiger partial charge in [-0.25, -0.2) is 9.97 Å². The first kappa shape index (κ1) is 21.2. The van der Waals surface area contributed by atoms with Crippen molar-refractivity contribution in [3.05, 3.63) is 83.0 Å². The molecule has 5 nitrogen and oxygen atoms in total. The van der Waals surface area contributed by atoms with E-state index >= 15 is 0 Å². The summed E-state index contributed by atoms with van der Waals surface area (Å²) in [5, 5.41) is 15.2. The van der Waals surface area contributed by atoms with Crippen LogP contribution in [0.4, 0.5) is 5.69 Å². The highest BCUT2D eigenvalue weighted by atomic mass is 35.5. The summed E-state index contributed by atoms with van der Waals surface area (Å²) in [7, 11) is 0. The number of benzene rings is 2. The summed E-state index contributed by atoms with van der Waals surface area (Å²) in [5.74, 6) is 0.708. The fourth-order valence-corrected chi connectivity index (χ4v) is 3.73. The van der Waals surface area contributed by atoms with E-state index in [9.17, 15) is 5.11 Å². The second-order valence-corrected chi connectivity index (χ2v) is 8.68. The Hall–Kier alpha value is -3.02. The van der Waals surface area contributed by atoms with Crippen molar-refractivity contribution in [2.75, 3.05) is 5.32 Å². The average molecular weight is 433 g/mol. The first-order chi connectivity index (χ1) is 14.7. The lowest BCUT2D eigenvalue weighted by molar-refractivity contribution is 0.0786. The van der Waals surface area contributed by atoms with Gasteiger partial charge in [-0.05, 0) is 62.6 Å². The quantitative estimate of drug-likeness (QED) is 0.401. The second kappa shape index (κ2) is 8.25. The van der Waals surface area contributed by atoms with Crippen LogP contribution in [0.3, 0.4) is 0 Å². The van der Waals surface area contributed by atoms with E-state index in [-0.39, 0.29) is 6.04 Å². The summed E-state index contributed by atoms with van der Waals surface area (Å²) in [4.78, 5) is 13.4. The van der Waals surface area contributed by atoms with E-state index in [1.807, 2.05) is 56.3 Å². The fraction of sp³-hybridized carbons (Fsp3) is 0.240. The summed E-state index contributed by atoms with van der Waals surface area (Å²) in [6, 6.07) is 15.8. The minimum atomic E-state index is -0.871. The van der Waals surface area contributed by atoms with Crippen LogP contribution in [0, 0.1) is 6.92 Å². The van der Waals surface area contributed by atoms with E-state index in [1.54, 1.807) is 26.2 Å². The van der Waals surface area contributed by atoms with Gasteiger partial charge >= 0.3 is 0 Å². The fourth-order valence-electron chi connectivity index (χ4n) is 3.52. The van der Waals surface area contributed by atoms with Gasteiger partial charge in [-0.1, -0.05) is 41.9 Å². The molecule has 2 aromatic carbocycles. The molecule has 0 saturated heterocycles. The van der Waals surface area contributed by atoms with Gasteiger partial charge in [0, 0.05) is 23.5 Å². The van der Waals surface area contributed by atoms with Gasteiger partial charge in [0.2, 0.25) is 0 Å². The number of fused-ring (bicyclic) bond motifs is 1. The van der Waals surface area contributed by atoms with Gasteiger partial charge in [0.25, 0.3) is 0 Å². The van der Waals surface area contributed by atoms with Crippen LogP contribution < -0.4 is 5.32 Å². The van der Waals surface area contributed by atoms with E-state index in [0.717, 1.165) is 39.0 Å². The lowest BCUT2D eigenvalue weighted by atomic mass is 9.95. The first-order valence-electron chi connectivity index (χ1n) is 10.2. The Labute approximate surface area is 187 Å².